The van der Waals surface area contributed by atoms with Crippen molar-refractivity contribution in [2.45, 2.75) is 69.0 Å². The number of sulfonamides is 1. The van der Waals surface area contributed by atoms with E-state index in [9.17, 15) is 8.42 Å². The summed E-state index contributed by atoms with van der Waals surface area (Å²) in [5.74, 6) is 0. The zero-order valence-corrected chi connectivity index (χ0v) is 16.3. The average Bonchev–Trinajstić information content (AvgIpc) is 3.35. The highest BCUT2D eigenvalue weighted by atomic mass is 32.2. The molecule has 1 saturated heterocycles. The van der Waals surface area contributed by atoms with Gasteiger partial charge in [0.25, 0.3) is 10.0 Å². The third-order valence-corrected chi connectivity index (χ3v) is 7.52. The maximum absolute atomic E-state index is 13.6. The van der Waals surface area contributed by atoms with E-state index in [-0.39, 0.29) is 12.1 Å². The summed E-state index contributed by atoms with van der Waals surface area (Å²) < 4.78 is 32.4. The fraction of sp³-hybridized carbons (Fsp3) is 0.667. The van der Waals surface area contributed by atoms with E-state index in [0.717, 1.165) is 56.2 Å². The first-order chi connectivity index (χ1) is 12.5. The second-order valence-electron chi connectivity index (χ2n) is 7.58. The summed E-state index contributed by atoms with van der Waals surface area (Å²) in [6.07, 6.45) is 10.8. The second-order valence-corrected chi connectivity index (χ2v) is 9.42. The molecule has 0 amide bonds. The van der Waals surface area contributed by atoms with Crippen molar-refractivity contribution in [2.24, 2.45) is 7.05 Å². The molecular formula is C18H27N5O2S. The Labute approximate surface area is 155 Å². The van der Waals surface area contributed by atoms with Gasteiger partial charge in [0.05, 0.1) is 24.0 Å². The Balaban J connectivity index is 1.73. The minimum Gasteiger partial charge on any atom is -0.275 e. The molecule has 1 atom stereocenters. The maximum Gasteiger partial charge on any atom is 0.260 e. The van der Waals surface area contributed by atoms with Crippen molar-refractivity contribution in [3.8, 4) is 0 Å². The van der Waals surface area contributed by atoms with Crippen LogP contribution in [0.1, 0.15) is 68.3 Å². The van der Waals surface area contributed by atoms with Gasteiger partial charge in [-0.3, -0.25) is 4.68 Å². The first kappa shape index (κ1) is 17.7. The number of hydrogen-bond acceptors (Lipinski definition) is 4. The lowest BCUT2D eigenvalue weighted by Gasteiger charge is -2.34. The van der Waals surface area contributed by atoms with Crippen LogP contribution in [0.2, 0.25) is 0 Å². The lowest BCUT2D eigenvalue weighted by Crippen LogP contribution is -2.39. The van der Waals surface area contributed by atoms with E-state index in [2.05, 4.69) is 10.2 Å². The molecule has 4 rings (SSSR count). The molecule has 0 N–H and O–H groups in total. The Morgan fingerprint density at radius 3 is 2.54 bits per heavy atom. The van der Waals surface area contributed by atoms with Crippen LogP contribution in [0.3, 0.4) is 0 Å². The van der Waals surface area contributed by atoms with Crippen LogP contribution in [0.4, 0.5) is 0 Å². The van der Waals surface area contributed by atoms with Gasteiger partial charge in [0.15, 0.2) is 5.03 Å². The third kappa shape index (κ3) is 3.09. The third-order valence-electron chi connectivity index (χ3n) is 5.63. The molecule has 1 aliphatic carbocycles. The Morgan fingerprint density at radius 1 is 1.12 bits per heavy atom. The van der Waals surface area contributed by atoms with Crippen molar-refractivity contribution in [2.75, 3.05) is 6.54 Å². The quantitative estimate of drug-likeness (QED) is 0.821. The summed E-state index contributed by atoms with van der Waals surface area (Å²) in [6.45, 7) is 2.43. The molecule has 7 nitrogen and oxygen atoms in total. The van der Waals surface area contributed by atoms with Crippen LogP contribution in [0.5, 0.6) is 0 Å². The molecule has 2 aromatic rings. The van der Waals surface area contributed by atoms with Crippen molar-refractivity contribution >= 4 is 10.0 Å². The minimum atomic E-state index is -3.60. The lowest BCUT2D eigenvalue weighted by molar-refractivity contribution is 0.252. The summed E-state index contributed by atoms with van der Waals surface area (Å²) in [6, 6.07) is 1.80. The molecule has 0 bridgehead atoms. The highest BCUT2D eigenvalue weighted by Crippen LogP contribution is 2.37. The highest BCUT2D eigenvalue weighted by molar-refractivity contribution is 7.89. The predicted octanol–water partition coefficient (Wildman–Crippen LogP) is 2.96. The van der Waals surface area contributed by atoms with Crippen molar-refractivity contribution < 1.29 is 8.42 Å². The largest absolute Gasteiger partial charge is 0.275 e. The number of rotatable bonds is 4. The second kappa shape index (κ2) is 6.81. The zero-order chi connectivity index (χ0) is 18.3. The highest BCUT2D eigenvalue weighted by Gasteiger charge is 2.38. The molecule has 1 aliphatic heterocycles. The topological polar surface area (TPSA) is 73.0 Å². The molecule has 1 unspecified atom stereocenters. The van der Waals surface area contributed by atoms with E-state index in [4.69, 9.17) is 0 Å². The smallest absolute Gasteiger partial charge is 0.260 e. The van der Waals surface area contributed by atoms with Crippen molar-refractivity contribution in [1.29, 1.82) is 0 Å². The fourth-order valence-corrected chi connectivity index (χ4v) is 6.27. The van der Waals surface area contributed by atoms with Crippen molar-refractivity contribution in [3.63, 3.8) is 0 Å². The van der Waals surface area contributed by atoms with Gasteiger partial charge in [0.2, 0.25) is 0 Å². The van der Waals surface area contributed by atoms with Gasteiger partial charge in [0, 0.05) is 25.4 Å². The molecule has 0 spiro atoms. The monoisotopic (exact) mass is 377 g/mol. The molecule has 2 aromatic heterocycles. The van der Waals surface area contributed by atoms with Gasteiger partial charge in [0.1, 0.15) is 0 Å². The Bertz CT molecular complexity index is 879. The van der Waals surface area contributed by atoms with Gasteiger partial charge in [-0.25, -0.2) is 13.1 Å². The molecule has 2 aliphatic rings. The van der Waals surface area contributed by atoms with E-state index in [0.29, 0.717) is 11.6 Å². The van der Waals surface area contributed by atoms with E-state index in [1.165, 1.54) is 0 Å². The van der Waals surface area contributed by atoms with Gasteiger partial charge in [-0.2, -0.15) is 14.5 Å². The maximum atomic E-state index is 13.6. The Hall–Kier alpha value is -1.67. The number of aromatic nitrogens is 4. The lowest BCUT2D eigenvalue weighted by atomic mass is 10.0. The summed E-state index contributed by atoms with van der Waals surface area (Å²) in [5.41, 5.74) is 1.74. The molecule has 3 heterocycles. The van der Waals surface area contributed by atoms with Gasteiger partial charge in [-0.15, -0.1) is 0 Å². The van der Waals surface area contributed by atoms with E-state index in [1.54, 1.807) is 25.9 Å². The molecule has 142 valence electrons. The molecule has 26 heavy (non-hydrogen) atoms. The van der Waals surface area contributed by atoms with Crippen molar-refractivity contribution in [3.05, 3.63) is 29.7 Å². The molecule has 0 radical (unpaired) electrons. The normalized spacial score (nSPS) is 22.9. The van der Waals surface area contributed by atoms with Gasteiger partial charge >= 0.3 is 0 Å². The van der Waals surface area contributed by atoms with Gasteiger partial charge in [-0.1, -0.05) is 19.3 Å². The average molecular weight is 378 g/mol. The number of hydrogen-bond donors (Lipinski definition) is 0. The predicted molar refractivity (Wildman–Crippen MR) is 98.2 cm³/mol. The Kier molecular flexibility index (Phi) is 4.64. The molecule has 8 heteroatoms. The SMILES string of the molecule is Cc1cc(S(=O)(=O)N2CCCCC2c2cnn(C)c2)n(C2CCCC2)n1. The van der Waals surface area contributed by atoms with Crippen LogP contribution in [-0.2, 0) is 17.1 Å². The van der Waals surface area contributed by atoms with Crippen LogP contribution in [0.25, 0.3) is 0 Å². The van der Waals surface area contributed by atoms with E-state index in [1.807, 2.05) is 20.2 Å². The minimum absolute atomic E-state index is 0.144. The number of aryl methyl sites for hydroxylation is 2. The molecule has 2 fully saturated rings. The van der Waals surface area contributed by atoms with Gasteiger partial charge < -0.3 is 0 Å². The first-order valence-corrected chi connectivity index (χ1v) is 11.0. The molecule has 0 aromatic carbocycles. The standard InChI is InChI=1S/C18H27N5O2S/c1-14-11-18(23(20-14)16-7-3-4-8-16)26(24,25)22-10-6-5-9-17(22)15-12-19-21(2)13-15/h11-13,16-17H,3-10H2,1-2H3. The molecule has 1 saturated carbocycles. The van der Waals surface area contributed by atoms with Crippen LogP contribution in [0, 0.1) is 6.92 Å². The summed E-state index contributed by atoms with van der Waals surface area (Å²) in [7, 11) is -1.74. The summed E-state index contributed by atoms with van der Waals surface area (Å²) in [4.78, 5) is 0. The van der Waals surface area contributed by atoms with E-state index < -0.39 is 10.0 Å². The van der Waals surface area contributed by atoms with Crippen LogP contribution in [-0.4, -0.2) is 38.8 Å². The number of piperidine rings is 1. The van der Waals surface area contributed by atoms with Crippen LogP contribution < -0.4 is 0 Å². The van der Waals surface area contributed by atoms with Crippen LogP contribution in [0.15, 0.2) is 23.5 Å². The van der Waals surface area contributed by atoms with Gasteiger partial charge in [-0.05, 0) is 38.7 Å². The summed E-state index contributed by atoms with van der Waals surface area (Å²) in [5, 5.41) is 9.15. The number of nitrogens with zero attached hydrogens (tertiary/aromatic N) is 5. The summed E-state index contributed by atoms with van der Waals surface area (Å²) >= 11 is 0. The zero-order valence-electron chi connectivity index (χ0n) is 15.5. The fourth-order valence-electron chi connectivity index (χ4n) is 4.35. The van der Waals surface area contributed by atoms with Crippen molar-refractivity contribution in [1.82, 2.24) is 23.9 Å². The van der Waals surface area contributed by atoms with Crippen LogP contribution >= 0.6 is 0 Å². The Morgan fingerprint density at radius 2 is 1.85 bits per heavy atom. The first-order valence-electron chi connectivity index (χ1n) is 9.53. The molecular weight excluding hydrogens is 350 g/mol. The van der Waals surface area contributed by atoms with E-state index >= 15 is 0 Å².